The van der Waals surface area contributed by atoms with Gasteiger partial charge in [-0.15, -0.1) is 0 Å². The highest BCUT2D eigenvalue weighted by atomic mass is 16.5. The molecule has 0 bridgehead atoms. The highest BCUT2D eigenvalue weighted by Crippen LogP contribution is 2.27. The predicted molar refractivity (Wildman–Crippen MR) is 123 cm³/mol. The molecular weight excluding hydrogens is 380 g/mol. The van der Waals surface area contributed by atoms with E-state index < -0.39 is 0 Å². The molecule has 0 aromatic heterocycles. The number of rotatable bonds is 10. The number of guanidine groups is 1. The quantitative estimate of drug-likeness (QED) is 0.464. The zero-order chi connectivity index (χ0) is 21.9. The molecular formula is C23H40N4O3. The van der Waals surface area contributed by atoms with Gasteiger partial charge in [-0.25, -0.2) is 0 Å². The minimum atomic E-state index is 0.491. The Hall–Kier alpha value is -1.99. The van der Waals surface area contributed by atoms with Gasteiger partial charge in [0.2, 0.25) is 0 Å². The summed E-state index contributed by atoms with van der Waals surface area (Å²) in [6.45, 7) is 10.0. The molecule has 1 atom stereocenters. The first-order chi connectivity index (χ1) is 14.5. The molecule has 0 spiro atoms. The van der Waals surface area contributed by atoms with Crippen molar-refractivity contribution in [3.63, 3.8) is 0 Å². The number of hydrogen-bond acceptors (Lipinski definition) is 5. The third-order valence-electron chi connectivity index (χ3n) is 5.56. The number of morpholine rings is 1. The maximum atomic E-state index is 5.53. The summed E-state index contributed by atoms with van der Waals surface area (Å²) in [5.41, 5.74) is 1.21. The van der Waals surface area contributed by atoms with Crippen molar-refractivity contribution in [2.24, 2.45) is 10.9 Å². The van der Waals surface area contributed by atoms with E-state index >= 15 is 0 Å². The topological polar surface area (TPSA) is 58.6 Å². The molecule has 7 heteroatoms. The zero-order valence-corrected chi connectivity index (χ0v) is 19.6. The van der Waals surface area contributed by atoms with Gasteiger partial charge in [0.25, 0.3) is 0 Å². The van der Waals surface area contributed by atoms with Crippen LogP contribution in [0.4, 0.5) is 0 Å². The smallest absolute Gasteiger partial charge is 0.193 e. The third-order valence-corrected chi connectivity index (χ3v) is 5.56. The van der Waals surface area contributed by atoms with Gasteiger partial charge >= 0.3 is 0 Å². The molecule has 1 fully saturated rings. The number of benzene rings is 1. The molecule has 1 aliphatic rings. The molecule has 7 nitrogen and oxygen atoms in total. The molecule has 1 N–H and O–H groups in total. The Balaban J connectivity index is 1.91. The van der Waals surface area contributed by atoms with Crippen molar-refractivity contribution in [2.75, 3.05) is 67.7 Å². The molecule has 0 saturated carbocycles. The SMILES string of the molecule is CN=C(NCC(CC(C)C)N1CCOCC1)N(C)CCc1ccc(OC)c(OC)c1. The number of nitrogens with zero attached hydrogens (tertiary/aromatic N) is 3. The van der Waals surface area contributed by atoms with E-state index in [1.165, 1.54) is 12.0 Å². The number of hydrogen-bond donors (Lipinski definition) is 1. The van der Waals surface area contributed by atoms with Crippen LogP contribution in [0.5, 0.6) is 11.5 Å². The Morgan fingerprint density at radius 2 is 1.90 bits per heavy atom. The van der Waals surface area contributed by atoms with Crippen molar-refractivity contribution in [3.05, 3.63) is 23.8 Å². The molecule has 0 amide bonds. The monoisotopic (exact) mass is 420 g/mol. The van der Waals surface area contributed by atoms with Gasteiger partial charge in [-0.2, -0.15) is 0 Å². The van der Waals surface area contributed by atoms with Crippen molar-refractivity contribution in [1.29, 1.82) is 0 Å². The Morgan fingerprint density at radius 3 is 2.50 bits per heavy atom. The van der Waals surface area contributed by atoms with Crippen molar-refractivity contribution in [3.8, 4) is 11.5 Å². The minimum absolute atomic E-state index is 0.491. The fourth-order valence-corrected chi connectivity index (χ4v) is 3.88. The summed E-state index contributed by atoms with van der Waals surface area (Å²) in [6.07, 6.45) is 2.07. The Morgan fingerprint density at radius 1 is 1.20 bits per heavy atom. The van der Waals surface area contributed by atoms with Gasteiger partial charge in [0.1, 0.15) is 0 Å². The first-order valence-corrected chi connectivity index (χ1v) is 10.9. The number of methoxy groups -OCH3 is 2. The van der Waals surface area contributed by atoms with Crippen LogP contribution in [0.2, 0.25) is 0 Å². The summed E-state index contributed by atoms with van der Waals surface area (Å²) >= 11 is 0. The molecule has 1 saturated heterocycles. The van der Waals surface area contributed by atoms with Crippen LogP contribution >= 0.6 is 0 Å². The minimum Gasteiger partial charge on any atom is -0.493 e. The summed E-state index contributed by atoms with van der Waals surface area (Å²) in [6, 6.07) is 6.58. The lowest BCUT2D eigenvalue weighted by Crippen LogP contribution is -2.51. The lowest BCUT2D eigenvalue weighted by molar-refractivity contribution is 0.0131. The van der Waals surface area contributed by atoms with Crippen molar-refractivity contribution in [2.45, 2.75) is 32.7 Å². The van der Waals surface area contributed by atoms with Gasteiger partial charge in [0, 0.05) is 46.3 Å². The van der Waals surface area contributed by atoms with Crippen LogP contribution in [0.3, 0.4) is 0 Å². The van der Waals surface area contributed by atoms with Crippen LogP contribution in [0, 0.1) is 5.92 Å². The maximum Gasteiger partial charge on any atom is 0.193 e. The summed E-state index contributed by atoms with van der Waals surface area (Å²) in [5, 5.41) is 3.60. The van der Waals surface area contributed by atoms with Crippen LogP contribution in [0.1, 0.15) is 25.8 Å². The van der Waals surface area contributed by atoms with E-state index in [2.05, 4.69) is 47.1 Å². The van der Waals surface area contributed by atoms with Gasteiger partial charge in [-0.3, -0.25) is 9.89 Å². The average molecular weight is 421 g/mol. The molecule has 1 aliphatic heterocycles. The van der Waals surface area contributed by atoms with Gasteiger partial charge in [0.05, 0.1) is 27.4 Å². The van der Waals surface area contributed by atoms with E-state index in [4.69, 9.17) is 14.2 Å². The van der Waals surface area contributed by atoms with Crippen molar-refractivity contribution in [1.82, 2.24) is 15.1 Å². The lowest BCUT2D eigenvalue weighted by atomic mass is 10.0. The molecule has 1 aromatic rings. The highest BCUT2D eigenvalue weighted by Gasteiger charge is 2.22. The molecule has 2 rings (SSSR count). The normalized spacial score (nSPS) is 16.4. The standard InChI is InChI=1S/C23H40N4O3/c1-18(2)15-20(27-11-13-30-14-12-27)17-25-23(24-3)26(4)10-9-19-7-8-21(28-5)22(16-19)29-6/h7-8,16,18,20H,9-15,17H2,1-6H3,(H,24,25). The van der Waals surface area contributed by atoms with Crippen LogP contribution in [-0.4, -0.2) is 89.5 Å². The lowest BCUT2D eigenvalue weighted by Gasteiger charge is -2.36. The van der Waals surface area contributed by atoms with E-state index in [0.717, 1.165) is 63.3 Å². The number of ether oxygens (including phenoxy) is 3. The Labute approximate surface area is 182 Å². The van der Waals surface area contributed by atoms with E-state index in [0.29, 0.717) is 12.0 Å². The second-order valence-corrected chi connectivity index (χ2v) is 8.22. The first kappa shape index (κ1) is 24.3. The zero-order valence-electron chi connectivity index (χ0n) is 19.6. The second-order valence-electron chi connectivity index (χ2n) is 8.22. The summed E-state index contributed by atoms with van der Waals surface area (Å²) in [4.78, 5) is 9.23. The first-order valence-electron chi connectivity index (χ1n) is 10.9. The molecule has 30 heavy (non-hydrogen) atoms. The largest absolute Gasteiger partial charge is 0.493 e. The number of nitrogens with one attached hydrogen (secondary N) is 1. The van der Waals surface area contributed by atoms with Crippen molar-refractivity contribution < 1.29 is 14.2 Å². The van der Waals surface area contributed by atoms with Crippen LogP contribution < -0.4 is 14.8 Å². The average Bonchev–Trinajstić information content (AvgIpc) is 2.77. The molecule has 0 radical (unpaired) electrons. The van der Waals surface area contributed by atoms with Gasteiger partial charge < -0.3 is 24.4 Å². The number of aliphatic imine (C=N–C) groups is 1. The van der Waals surface area contributed by atoms with Crippen molar-refractivity contribution >= 4 is 5.96 Å². The fourth-order valence-electron chi connectivity index (χ4n) is 3.88. The second kappa shape index (κ2) is 12.6. The van der Waals surface area contributed by atoms with E-state index in [-0.39, 0.29) is 0 Å². The van der Waals surface area contributed by atoms with Gasteiger partial charge in [-0.1, -0.05) is 19.9 Å². The molecule has 1 heterocycles. The van der Waals surface area contributed by atoms with Crippen LogP contribution in [0.15, 0.2) is 23.2 Å². The third kappa shape index (κ3) is 7.36. The summed E-state index contributed by atoms with van der Waals surface area (Å²) < 4.78 is 16.3. The Bertz CT molecular complexity index is 660. The summed E-state index contributed by atoms with van der Waals surface area (Å²) in [5.74, 6) is 3.11. The molecule has 0 aliphatic carbocycles. The highest BCUT2D eigenvalue weighted by molar-refractivity contribution is 5.79. The van der Waals surface area contributed by atoms with E-state index in [1.807, 2.05) is 19.2 Å². The maximum absolute atomic E-state index is 5.53. The predicted octanol–water partition coefficient (Wildman–Crippen LogP) is 2.50. The Kier molecular flexibility index (Phi) is 10.2. The van der Waals surface area contributed by atoms with Gasteiger partial charge in [-0.05, 0) is 36.5 Å². The summed E-state index contributed by atoms with van der Waals surface area (Å²) in [7, 11) is 7.26. The van der Waals surface area contributed by atoms with E-state index in [1.54, 1.807) is 14.2 Å². The molecule has 1 aromatic carbocycles. The van der Waals surface area contributed by atoms with Crippen LogP contribution in [0.25, 0.3) is 0 Å². The molecule has 1 unspecified atom stereocenters. The fraction of sp³-hybridized carbons (Fsp3) is 0.696. The molecule has 170 valence electrons. The van der Waals surface area contributed by atoms with E-state index in [9.17, 15) is 0 Å². The van der Waals surface area contributed by atoms with Crippen LogP contribution in [-0.2, 0) is 11.2 Å². The number of likely N-dealkylation sites (N-methyl/N-ethyl adjacent to an activating group) is 1. The van der Waals surface area contributed by atoms with Gasteiger partial charge in [0.15, 0.2) is 17.5 Å².